The fourth-order valence-corrected chi connectivity index (χ4v) is 3.71. The minimum Gasteiger partial charge on any atom is -0.484 e. The van der Waals surface area contributed by atoms with Gasteiger partial charge in [-0.3, -0.25) is 14.5 Å². The summed E-state index contributed by atoms with van der Waals surface area (Å²) >= 11 is 5.85. The average molecular weight is 411 g/mol. The molecule has 2 aromatic heterocycles. The summed E-state index contributed by atoms with van der Waals surface area (Å²) in [6, 6.07) is 15.2. The summed E-state index contributed by atoms with van der Waals surface area (Å²) in [6.07, 6.45) is 6.49. The molecule has 1 N–H and O–H groups in total. The third-order valence-electron chi connectivity index (χ3n) is 5.03. The van der Waals surface area contributed by atoms with Crippen LogP contribution >= 0.6 is 11.6 Å². The van der Waals surface area contributed by atoms with Crippen LogP contribution in [0.5, 0.6) is 5.75 Å². The number of rotatable bonds is 7. The second-order valence-electron chi connectivity index (χ2n) is 7.14. The summed E-state index contributed by atoms with van der Waals surface area (Å²) in [6.45, 7) is 0.292. The van der Waals surface area contributed by atoms with Crippen molar-refractivity contribution in [2.75, 3.05) is 6.61 Å². The van der Waals surface area contributed by atoms with E-state index in [4.69, 9.17) is 21.4 Å². The number of hydrogen-bond donors (Lipinski definition) is 1. The Morgan fingerprint density at radius 3 is 2.69 bits per heavy atom. The van der Waals surface area contributed by atoms with Gasteiger partial charge in [0.1, 0.15) is 5.75 Å². The van der Waals surface area contributed by atoms with Gasteiger partial charge in [0, 0.05) is 11.2 Å². The molecule has 1 fully saturated rings. The monoisotopic (exact) mass is 410 g/mol. The van der Waals surface area contributed by atoms with Gasteiger partial charge in [-0.1, -0.05) is 30.5 Å². The fraction of sp³-hybridized carbons (Fsp3) is 0.318. The van der Waals surface area contributed by atoms with Crippen molar-refractivity contribution in [3.05, 3.63) is 65.4 Å². The number of nitrogens with zero attached hydrogens (tertiary/aromatic N) is 3. The highest BCUT2D eigenvalue weighted by Gasteiger charge is 2.22. The van der Waals surface area contributed by atoms with Crippen LogP contribution in [0.25, 0.3) is 11.4 Å². The van der Waals surface area contributed by atoms with Crippen molar-refractivity contribution in [2.24, 2.45) is 0 Å². The first-order chi connectivity index (χ1) is 14.2. The Bertz CT molecular complexity index is 951. The van der Waals surface area contributed by atoms with E-state index in [0.29, 0.717) is 23.4 Å². The molecule has 4 rings (SSSR count). The maximum absolute atomic E-state index is 12.2. The first kappa shape index (κ1) is 19.5. The largest absolute Gasteiger partial charge is 0.484 e. The van der Waals surface area contributed by atoms with Crippen molar-refractivity contribution in [2.45, 2.75) is 38.3 Å². The number of carbonyl (C=O) groups excluding carboxylic acids is 1. The number of pyridine rings is 1. The summed E-state index contributed by atoms with van der Waals surface area (Å²) in [5.41, 5.74) is 2.71. The molecule has 0 saturated heterocycles. The van der Waals surface area contributed by atoms with Crippen LogP contribution in [-0.4, -0.2) is 27.3 Å². The Labute approximate surface area is 174 Å². The van der Waals surface area contributed by atoms with Gasteiger partial charge in [-0.05, 0) is 55.3 Å². The molecule has 1 amide bonds. The molecule has 7 heteroatoms. The number of halogens is 1. The predicted molar refractivity (Wildman–Crippen MR) is 112 cm³/mol. The van der Waals surface area contributed by atoms with Gasteiger partial charge in [-0.25, -0.2) is 0 Å². The van der Waals surface area contributed by atoms with E-state index in [1.165, 1.54) is 12.8 Å². The molecule has 0 radical (unpaired) electrons. The van der Waals surface area contributed by atoms with Crippen molar-refractivity contribution >= 4 is 17.5 Å². The number of benzene rings is 1. The summed E-state index contributed by atoms with van der Waals surface area (Å²) in [4.78, 5) is 16.6. The van der Waals surface area contributed by atoms with Crippen LogP contribution in [0.3, 0.4) is 0 Å². The number of hydrogen-bond acceptors (Lipinski definition) is 4. The molecule has 6 nitrogen and oxygen atoms in total. The molecule has 0 unspecified atom stereocenters. The molecule has 3 aromatic rings. The lowest BCUT2D eigenvalue weighted by atomic mass is 10.2. The van der Waals surface area contributed by atoms with Gasteiger partial charge in [-0.15, -0.1) is 0 Å². The van der Waals surface area contributed by atoms with E-state index in [0.717, 1.165) is 29.9 Å². The zero-order valence-electron chi connectivity index (χ0n) is 16.1. The highest BCUT2D eigenvalue weighted by Crippen LogP contribution is 2.33. The Hall–Kier alpha value is -2.86. The van der Waals surface area contributed by atoms with Gasteiger partial charge in [0.25, 0.3) is 5.91 Å². The Morgan fingerprint density at radius 1 is 1.17 bits per heavy atom. The van der Waals surface area contributed by atoms with Crippen molar-refractivity contribution in [3.8, 4) is 17.1 Å². The molecule has 0 atom stereocenters. The molecule has 150 valence electrons. The third kappa shape index (κ3) is 4.95. The topological polar surface area (TPSA) is 69.0 Å². The van der Waals surface area contributed by atoms with E-state index in [1.807, 2.05) is 24.3 Å². The molecule has 0 spiro atoms. The molecule has 2 heterocycles. The smallest absolute Gasteiger partial charge is 0.258 e. The summed E-state index contributed by atoms with van der Waals surface area (Å²) in [7, 11) is 0. The van der Waals surface area contributed by atoms with Gasteiger partial charge < -0.3 is 10.1 Å². The maximum atomic E-state index is 12.2. The number of amides is 1. The third-order valence-corrected chi connectivity index (χ3v) is 5.29. The van der Waals surface area contributed by atoms with E-state index in [9.17, 15) is 4.79 Å². The zero-order valence-corrected chi connectivity index (χ0v) is 16.8. The first-order valence-electron chi connectivity index (χ1n) is 9.84. The SMILES string of the molecule is O=C(COc1ccc(Cl)cc1)NCc1cc(-c2ccccn2)n(C2CCCC2)n1. The van der Waals surface area contributed by atoms with Crippen molar-refractivity contribution < 1.29 is 9.53 Å². The van der Waals surface area contributed by atoms with Crippen LogP contribution in [0.15, 0.2) is 54.7 Å². The van der Waals surface area contributed by atoms with Crippen LogP contribution in [0, 0.1) is 0 Å². The van der Waals surface area contributed by atoms with Crippen LogP contribution in [0.2, 0.25) is 5.02 Å². The maximum Gasteiger partial charge on any atom is 0.258 e. The lowest BCUT2D eigenvalue weighted by Crippen LogP contribution is -2.28. The molecule has 29 heavy (non-hydrogen) atoms. The normalized spacial score (nSPS) is 14.1. The molecular formula is C22H23ClN4O2. The van der Waals surface area contributed by atoms with Crippen LogP contribution < -0.4 is 10.1 Å². The van der Waals surface area contributed by atoms with E-state index < -0.39 is 0 Å². The number of ether oxygens (including phenoxy) is 1. The lowest BCUT2D eigenvalue weighted by molar-refractivity contribution is -0.123. The van der Waals surface area contributed by atoms with Gasteiger partial charge in [-0.2, -0.15) is 5.10 Å². The fourth-order valence-electron chi connectivity index (χ4n) is 3.58. The Morgan fingerprint density at radius 2 is 1.97 bits per heavy atom. The van der Waals surface area contributed by atoms with Gasteiger partial charge in [0.15, 0.2) is 6.61 Å². The quantitative estimate of drug-likeness (QED) is 0.626. The van der Waals surface area contributed by atoms with Crippen molar-refractivity contribution in [1.29, 1.82) is 0 Å². The van der Waals surface area contributed by atoms with Crippen molar-refractivity contribution in [3.63, 3.8) is 0 Å². The molecule has 0 aliphatic heterocycles. The highest BCUT2D eigenvalue weighted by atomic mass is 35.5. The van der Waals surface area contributed by atoms with Crippen LogP contribution in [-0.2, 0) is 11.3 Å². The zero-order chi connectivity index (χ0) is 20.1. The minimum atomic E-state index is -0.199. The second-order valence-corrected chi connectivity index (χ2v) is 7.57. The van der Waals surface area contributed by atoms with E-state index in [2.05, 4.69) is 15.0 Å². The van der Waals surface area contributed by atoms with Crippen molar-refractivity contribution in [1.82, 2.24) is 20.1 Å². The molecular weight excluding hydrogens is 388 g/mol. The van der Waals surface area contributed by atoms with E-state index in [1.54, 1.807) is 30.5 Å². The van der Waals surface area contributed by atoms with E-state index in [-0.39, 0.29) is 12.5 Å². The predicted octanol–water partition coefficient (Wildman–Crippen LogP) is 4.41. The molecule has 0 bridgehead atoms. The Balaban J connectivity index is 1.40. The highest BCUT2D eigenvalue weighted by molar-refractivity contribution is 6.30. The standard InChI is InChI=1S/C22H23ClN4O2/c23-16-8-10-19(11-9-16)29-15-22(28)25-14-17-13-21(20-7-3-4-12-24-20)27(26-17)18-5-1-2-6-18/h3-4,7-13,18H,1-2,5-6,14-15H2,(H,25,28). The molecule has 1 aromatic carbocycles. The van der Waals surface area contributed by atoms with Crippen LogP contribution in [0.1, 0.15) is 37.4 Å². The Kier molecular flexibility index (Phi) is 6.10. The van der Waals surface area contributed by atoms with Gasteiger partial charge in [0.05, 0.1) is 29.7 Å². The lowest BCUT2D eigenvalue weighted by Gasteiger charge is -2.13. The second kappa shape index (κ2) is 9.09. The minimum absolute atomic E-state index is 0.0575. The molecule has 1 aliphatic carbocycles. The first-order valence-corrected chi connectivity index (χ1v) is 10.2. The van der Waals surface area contributed by atoms with Gasteiger partial charge >= 0.3 is 0 Å². The number of carbonyl (C=O) groups is 1. The molecule has 1 aliphatic rings. The average Bonchev–Trinajstić information content (AvgIpc) is 3.42. The van der Waals surface area contributed by atoms with Crippen LogP contribution in [0.4, 0.5) is 0 Å². The summed E-state index contributed by atoms with van der Waals surface area (Å²) in [5.74, 6) is 0.405. The summed E-state index contributed by atoms with van der Waals surface area (Å²) < 4.78 is 7.57. The summed E-state index contributed by atoms with van der Waals surface area (Å²) in [5, 5.41) is 8.28. The number of aromatic nitrogens is 3. The number of nitrogens with one attached hydrogen (secondary N) is 1. The molecule has 1 saturated carbocycles. The van der Waals surface area contributed by atoms with Gasteiger partial charge in [0.2, 0.25) is 0 Å². The van der Waals surface area contributed by atoms with E-state index >= 15 is 0 Å².